The molecule has 2 aromatic heterocycles. The van der Waals surface area contributed by atoms with E-state index in [1.165, 1.54) is 5.69 Å². The van der Waals surface area contributed by atoms with Crippen LogP contribution in [0.25, 0.3) is 0 Å². The highest BCUT2D eigenvalue weighted by Crippen LogP contribution is 2.43. The average molecular weight is 595 g/mol. The van der Waals surface area contributed by atoms with Gasteiger partial charge in [-0.3, -0.25) is 9.78 Å². The van der Waals surface area contributed by atoms with Crippen LogP contribution in [0.4, 0.5) is 5.69 Å². The van der Waals surface area contributed by atoms with Crippen molar-refractivity contribution in [1.82, 2.24) is 14.2 Å². The number of nitrogens with zero attached hydrogens (tertiary/aromatic N) is 4. The summed E-state index contributed by atoms with van der Waals surface area (Å²) >= 11 is 1.54. The van der Waals surface area contributed by atoms with E-state index >= 15 is 0 Å². The van der Waals surface area contributed by atoms with E-state index in [-0.39, 0.29) is 5.91 Å². The fraction of sp³-hybridized carbons (Fsp3) is 0.484. The van der Waals surface area contributed by atoms with Crippen LogP contribution in [0.15, 0.2) is 47.6 Å². The fourth-order valence-electron chi connectivity index (χ4n) is 6.82. The van der Waals surface area contributed by atoms with Gasteiger partial charge in [0.2, 0.25) is 10.0 Å². The van der Waals surface area contributed by atoms with Gasteiger partial charge in [0.25, 0.3) is 5.91 Å². The lowest BCUT2D eigenvalue weighted by molar-refractivity contribution is 0.0519. The Morgan fingerprint density at radius 2 is 1.59 bits per heavy atom. The molecule has 0 N–H and O–H groups in total. The number of pyridine rings is 1. The molecular weight excluding hydrogens is 556 g/mol. The maximum absolute atomic E-state index is 13.7. The maximum atomic E-state index is 13.7. The number of carbonyl (C=O) groups excluding carboxylic acids is 1. The number of hydrogen-bond donors (Lipinski definition) is 0. The van der Waals surface area contributed by atoms with E-state index < -0.39 is 10.0 Å². The number of ether oxygens (including phenoxy) is 1. The van der Waals surface area contributed by atoms with E-state index in [0.717, 1.165) is 67.2 Å². The summed E-state index contributed by atoms with van der Waals surface area (Å²) in [4.78, 5) is 24.4. The molecule has 1 aromatic carbocycles. The minimum Gasteiger partial charge on any atom is -0.497 e. The monoisotopic (exact) mass is 594 g/mol. The van der Waals surface area contributed by atoms with Crippen molar-refractivity contribution >= 4 is 33.0 Å². The number of thiophene rings is 1. The van der Waals surface area contributed by atoms with Crippen LogP contribution in [0.2, 0.25) is 0 Å². The quantitative estimate of drug-likeness (QED) is 0.412. The topological polar surface area (TPSA) is 83.0 Å². The largest absolute Gasteiger partial charge is 0.497 e. The lowest BCUT2D eigenvalue weighted by Crippen LogP contribution is -2.48. The molecule has 218 valence electrons. The lowest BCUT2D eigenvalue weighted by Gasteiger charge is -2.47. The number of methoxy groups -OCH3 is 1. The third-order valence-electron chi connectivity index (χ3n) is 9.27. The third-order valence-corrected chi connectivity index (χ3v) is 12.6. The minimum absolute atomic E-state index is 0.0877. The highest BCUT2D eigenvalue weighted by molar-refractivity contribution is 7.89. The molecule has 0 bridgehead atoms. The van der Waals surface area contributed by atoms with Crippen LogP contribution >= 0.6 is 11.3 Å². The van der Waals surface area contributed by atoms with Crippen LogP contribution in [0, 0.1) is 19.3 Å². The molecule has 0 radical (unpaired) electrons. The third kappa shape index (κ3) is 5.37. The first kappa shape index (κ1) is 28.2. The van der Waals surface area contributed by atoms with Gasteiger partial charge in [-0.2, -0.15) is 4.31 Å². The molecular formula is C31H38N4O4S2. The van der Waals surface area contributed by atoms with Gasteiger partial charge in [0.15, 0.2) is 0 Å². The van der Waals surface area contributed by atoms with Crippen LogP contribution in [0.3, 0.4) is 0 Å². The maximum Gasteiger partial charge on any atom is 0.263 e. The summed E-state index contributed by atoms with van der Waals surface area (Å²) in [6, 6.07) is 9.63. The summed E-state index contributed by atoms with van der Waals surface area (Å²) in [6.45, 7) is 7.99. The standard InChI is InChI=1S/C31H38N4O4S2/c1-22-18-26(39-3)19-23(2)29(22)41(37,38)35-13-6-27-24(21-35)20-28(40-27)30(36)34-16-9-31(10-17-34)7-14-33(15-8-31)25-4-11-32-12-5-25/h4-5,11-12,18-20H,6-10,13-17,21H2,1-3H3. The van der Waals surface area contributed by atoms with Gasteiger partial charge >= 0.3 is 0 Å². The number of aromatic nitrogens is 1. The smallest absolute Gasteiger partial charge is 0.263 e. The molecule has 3 aliphatic rings. The van der Waals surface area contributed by atoms with Gasteiger partial charge in [0.1, 0.15) is 5.75 Å². The number of carbonyl (C=O) groups is 1. The van der Waals surface area contributed by atoms with Crippen molar-refractivity contribution in [2.24, 2.45) is 5.41 Å². The van der Waals surface area contributed by atoms with Crippen molar-refractivity contribution in [3.63, 3.8) is 0 Å². The number of amides is 1. The predicted octanol–water partition coefficient (Wildman–Crippen LogP) is 5.04. The molecule has 1 spiro atoms. The Morgan fingerprint density at radius 1 is 0.951 bits per heavy atom. The molecule has 1 amide bonds. The number of likely N-dealkylation sites (tertiary alicyclic amines) is 1. The summed E-state index contributed by atoms with van der Waals surface area (Å²) < 4.78 is 34.2. The van der Waals surface area contributed by atoms with E-state index in [0.29, 0.717) is 46.7 Å². The normalized spacial score (nSPS) is 19.3. The van der Waals surface area contributed by atoms with Crippen LogP contribution in [0.1, 0.15) is 56.9 Å². The van der Waals surface area contributed by atoms with E-state index in [9.17, 15) is 13.2 Å². The zero-order valence-corrected chi connectivity index (χ0v) is 25.7. The Kier molecular flexibility index (Phi) is 7.59. The van der Waals surface area contributed by atoms with Crippen LogP contribution in [-0.2, 0) is 23.0 Å². The highest BCUT2D eigenvalue weighted by Gasteiger charge is 2.39. The summed E-state index contributed by atoms with van der Waals surface area (Å²) in [7, 11) is -2.10. The lowest BCUT2D eigenvalue weighted by atomic mass is 9.71. The van der Waals surface area contributed by atoms with Gasteiger partial charge in [-0.1, -0.05) is 0 Å². The summed E-state index contributed by atoms with van der Waals surface area (Å²) in [5, 5.41) is 0. The molecule has 0 unspecified atom stereocenters. The van der Waals surface area contributed by atoms with Crippen molar-refractivity contribution < 1.29 is 17.9 Å². The number of anilines is 1. The molecule has 0 aliphatic carbocycles. The first-order valence-corrected chi connectivity index (χ1v) is 16.7. The minimum atomic E-state index is -3.68. The summed E-state index contributed by atoms with van der Waals surface area (Å²) in [5.74, 6) is 0.740. The number of piperidine rings is 2. The first-order valence-electron chi connectivity index (χ1n) is 14.4. The first-order chi connectivity index (χ1) is 19.7. The van der Waals surface area contributed by atoms with Crippen LogP contribution in [0.5, 0.6) is 5.75 Å². The molecule has 3 aromatic rings. The van der Waals surface area contributed by atoms with E-state index in [4.69, 9.17) is 4.74 Å². The summed E-state index contributed by atoms with van der Waals surface area (Å²) in [5.41, 5.74) is 3.87. The van der Waals surface area contributed by atoms with Crippen molar-refractivity contribution in [3.8, 4) is 5.75 Å². The predicted molar refractivity (Wildman–Crippen MR) is 161 cm³/mol. The van der Waals surface area contributed by atoms with Gasteiger partial charge in [-0.25, -0.2) is 8.42 Å². The van der Waals surface area contributed by atoms with Gasteiger partial charge < -0.3 is 14.5 Å². The van der Waals surface area contributed by atoms with E-state index in [1.807, 2.05) is 37.2 Å². The van der Waals surface area contributed by atoms with Crippen molar-refractivity contribution in [2.75, 3.05) is 44.7 Å². The average Bonchev–Trinajstić information content (AvgIpc) is 3.41. The number of aryl methyl sites for hydroxylation is 2. The SMILES string of the molecule is COc1cc(C)c(S(=O)(=O)N2CCc3sc(C(=O)N4CCC5(CC4)CCN(c4ccncc4)CC5)cc3C2)c(C)c1. The molecule has 0 saturated carbocycles. The zero-order valence-electron chi connectivity index (χ0n) is 24.1. The van der Waals surface area contributed by atoms with Crippen molar-refractivity contribution in [2.45, 2.75) is 57.4 Å². The van der Waals surface area contributed by atoms with Gasteiger partial charge in [-0.05, 0) is 98.4 Å². The molecule has 10 heteroatoms. The molecule has 5 heterocycles. The number of rotatable bonds is 5. The summed E-state index contributed by atoms with van der Waals surface area (Å²) in [6.07, 6.45) is 8.72. The Labute approximate surface area is 247 Å². The number of sulfonamides is 1. The number of benzene rings is 1. The molecule has 3 aliphatic heterocycles. The zero-order chi connectivity index (χ0) is 28.8. The number of hydrogen-bond acceptors (Lipinski definition) is 7. The van der Waals surface area contributed by atoms with Crippen LogP contribution in [-0.4, -0.2) is 68.3 Å². The Morgan fingerprint density at radius 3 is 2.22 bits per heavy atom. The molecule has 6 rings (SSSR count). The number of fused-ring (bicyclic) bond motifs is 1. The Bertz CT molecular complexity index is 1510. The van der Waals surface area contributed by atoms with Crippen LogP contribution < -0.4 is 9.64 Å². The van der Waals surface area contributed by atoms with E-state index in [2.05, 4.69) is 22.0 Å². The Hall–Kier alpha value is -2.95. The molecule has 8 nitrogen and oxygen atoms in total. The highest BCUT2D eigenvalue weighted by atomic mass is 32.2. The molecule has 2 saturated heterocycles. The van der Waals surface area contributed by atoms with Gasteiger partial charge in [-0.15, -0.1) is 11.3 Å². The van der Waals surface area contributed by atoms with Crippen molar-refractivity contribution in [3.05, 3.63) is 69.2 Å². The second-order valence-corrected chi connectivity index (χ2v) is 14.7. The fourth-order valence-corrected chi connectivity index (χ4v) is 9.78. The van der Waals surface area contributed by atoms with Crippen molar-refractivity contribution in [1.29, 1.82) is 0 Å². The van der Waals surface area contributed by atoms with E-state index in [1.54, 1.807) is 34.9 Å². The molecule has 2 fully saturated rings. The second-order valence-electron chi connectivity index (χ2n) is 11.7. The second kappa shape index (κ2) is 11.0. The molecule has 41 heavy (non-hydrogen) atoms. The Balaban J connectivity index is 1.09. The van der Waals surface area contributed by atoms with Gasteiger partial charge in [0.05, 0.1) is 16.9 Å². The van der Waals surface area contributed by atoms with Gasteiger partial charge in [0, 0.05) is 62.2 Å². The molecule has 0 atom stereocenters.